The van der Waals surface area contributed by atoms with Crippen molar-refractivity contribution in [3.8, 4) is 0 Å². The summed E-state index contributed by atoms with van der Waals surface area (Å²) in [6.45, 7) is 5.47. The van der Waals surface area contributed by atoms with Gasteiger partial charge in [-0.05, 0) is 20.8 Å². The van der Waals surface area contributed by atoms with Crippen molar-refractivity contribution in [2.24, 2.45) is 7.05 Å². The molecule has 0 aromatic carbocycles. The zero-order chi connectivity index (χ0) is 11.6. The third kappa shape index (κ3) is 3.04. The lowest BCUT2D eigenvalue weighted by molar-refractivity contribution is 0.572. The second-order valence-corrected chi connectivity index (χ2v) is 6.15. The van der Waals surface area contributed by atoms with Crippen molar-refractivity contribution in [3.05, 3.63) is 17.5 Å². The molecule has 0 aliphatic carbocycles. The number of aromatic nitrogens is 2. The maximum atomic E-state index is 11.5. The summed E-state index contributed by atoms with van der Waals surface area (Å²) in [6, 6.07) is 0. The normalized spacial score (nSPS) is 12.3. The van der Waals surface area contributed by atoms with Crippen molar-refractivity contribution in [3.63, 3.8) is 0 Å². The average Bonchev–Trinajstić information content (AvgIpc) is 2.41. The maximum Gasteiger partial charge on any atom is 0.214 e. The molecule has 0 aliphatic rings. The second-order valence-electron chi connectivity index (χ2n) is 3.83. The van der Waals surface area contributed by atoms with E-state index in [0.717, 1.165) is 11.3 Å². The number of hydrogen-bond acceptors (Lipinski definition) is 3. The minimum Gasteiger partial charge on any atom is -0.275 e. The van der Waals surface area contributed by atoms with E-state index >= 15 is 0 Å². The van der Waals surface area contributed by atoms with Crippen LogP contribution < -0.4 is 4.72 Å². The summed E-state index contributed by atoms with van der Waals surface area (Å²) in [6.07, 6.45) is 1.82. The summed E-state index contributed by atoms with van der Waals surface area (Å²) in [5, 5.41) is 3.73. The minimum atomic E-state index is -3.19. The minimum absolute atomic E-state index is 0.306. The van der Waals surface area contributed by atoms with Gasteiger partial charge < -0.3 is 0 Å². The molecule has 0 atom stereocenters. The van der Waals surface area contributed by atoms with E-state index in [9.17, 15) is 8.42 Å². The predicted molar refractivity (Wildman–Crippen MR) is 58.8 cm³/mol. The van der Waals surface area contributed by atoms with Crippen LogP contribution in [0.15, 0.2) is 6.20 Å². The SMILES string of the molecule is Cc1nn(C)cc1CNS(=O)(=O)C(C)C. The summed E-state index contributed by atoms with van der Waals surface area (Å²) >= 11 is 0. The highest BCUT2D eigenvalue weighted by atomic mass is 32.2. The van der Waals surface area contributed by atoms with Gasteiger partial charge in [0, 0.05) is 25.4 Å². The topological polar surface area (TPSA) is 64.0 Å². The van der Waals surface area contributed by atoms with Crippen LogP contribution in [0.1, 0.15) is 25.1 Å². The third-order valence-electron chi connectivity index (χ3n) is 2.20. The zero-order valence-corrected chi connectivity index (χ0v) is 10.3. The van der Waals surface area contributed by atoms with Crippen molar-refractivity contribution in [2.75, 3.05) is 0 Å². The second kappa shape index (κ2) is 4.32. The molecule has 0 aliphatic heterocycles. The van der Waals surface area contributed by atoms with Crippen LogP contribution in [0.5, 0.6) is 0 Å². The average molecular weight is 231 g/mol. The summed E-state index contributed by atoms with van der Waals surface area (Å²) < 4.78 is 27.2. The molecule has 0 fully saturated rings. The molecule has 1 aromatic rings. The molecule has 1 heterocycles. The fourth-order valence-electron chi connectivity index (χ4n) is 1.17. The molecule has 0 spiro atoms. The lowest BCUT2D eigenvalue weighted by atomic mass is 10.3. The van der Waals surface area contributed by atoms with Gasteiger partial charge in [0.05, 0.1) is 10.9 Å². The Kier molecular flexibility index (Phi) is 3.51. The maximum absolute atomic E-state index is 11.5. The molecule has 0 amide bonds. The van der Waals surface area contributed by atoms with Gasteiger partial charge in [-0.25, -0.2) is 13.1 Å². The molecule has 15 heavy (non-hydrogen) atoms. The van der Waals surface area contributed by atoms with Crippen molar-refractivity contribution in [1.29, 1.82) is 0 Å². The van der Waals surface area contributed by atoms with Gasteiger partial charge in [0.2, 0.25) is 10.0 Å². The molecule has 0 unspecified atom stereocenters. The van der Waals surface area contributed by atoms with Crippen LogP contribution in [-0.4, -0.2) is 23.4 Å². The van der Waals surface area contributed by atoms with E-state index in [0.29, 0.717) is 6.54 Å². The lowest BCUT2D eigenvalue weighted by Crippen LogP contribution is -2.30. The van der Waals surface area contributed by atoms with Gasteiger partial charge in [-0.15, -0.1) is 0 Å². The van der Waals surface area contributed by atoms with Crippen LogP contribution in [0, 0.1) is 6.92 Å². The quantitative estimate of drug-likeness (QED) is 0.823. The Hall–Kier alpha value is -0.880. The van der Waals surface area contributed by atoms with Crippen LogP contribution in [0.4, 0.5) is 0 Å². The third-order valence-corrected chi connectivity index (χ3v) is 3.99. The standard InChI is InChI=1S/C9H17N3O2S/c1-7(2)15(13,14)10-5-9-6-12(4)11-8(9)3/h6-7,10H,5H2,1-4H3. The molecule has 1 rings (SSSR count). The molecule has 86 valence electrons. The van der Waals surface area contributed by atoms with E-state index in [1.807, 2.05) is 20.2 Å². The van der Waals surface area contributed by atoms with E-state index in [-0.39, 0.29) is 0 Å². The molecule has 0 saturated carbocycles. The highest BCUT2D eigenvalue weighted by Crippen LogP contribution is 2.05. The van der Waals surface area contributed by atoms with Gasteiger partial charge in [0.25, 0.3) is 0 Å². The molecule has 1 N–H and O–H groups in total. The summed E-state index contributed by atoms with van der Waals surface area (Å²) in [5.74, 6) is 0. The Morgan fingerprint density at radius 1 is 1.53 bits per heavy atom. The fourth-order valence-corrected chi connectivity index (χ4v) is 1.86. The van der Waals surface area contributed by atoms with Gasteiger partial charge >= 0.3 is 0 Å². The zero-order valence-electron chi connectivity index (χ0n) is 9.48. The van der Waals surface area contributed by atoms with Crippen LogP contribution in [-0.2, 0) is 23.6 Å². The van der Waals surface area contributed by atoms with Gasteiger partial charge in [-0.1, -0.05) is 0 Å². The van der Waals surface area contributed by atoms with Crippen LogP contribution in [0.25, 0.3) is 0 Å². The molecule has 6 heteroatoms. The molecular formula is C9H17N3O2S. The van der Waals surface area contributed by atoms with E-state index in [4.69, 9.17) is 0 Å². The molecular weight excluding hydrogens is 214 g/mol. The first-order chi connectivity index (χ1) is 6.83. The Bertz CT molecular complexity index is 434. The van der Waals surface area contributed by atoms with Crippen LogP contribution in [0.2, 0.25) is 0 Å². The number of sulfonamides is 1. The largest absolute Gasteiger partial charge is 0.275 e. The van der Waals surface area contributed by atoms with Crippen LogP contribution >= 0.6 is 0 Å². The molecule has 1 aromatic heterocycles. The lowest BCUT2D eigenvalue weighted by Gasteiger charge is -2.08. The van der Waals surface area contributed by atoms with E-state index in [2.05, 4.69) is 9.82 Å². The first kappa shape index (κ1) is 12.2. The Balaban J connectivity index is 2.70. The Morgan fingerprint density at radius 2 is 2.13 bits per heavy atom. The van der Waals surface area contributed by atoms with Crippen molar-refractivity contribution >= 4 is 10.0 Å². The smallest absolute Gasteiger partial charge is 0.214 e. The summed E-state index contributed by atoms with van der Waals surface area (Å²) in [7, 11) is -1.38. The highest BCUT2D eigenvalue weighted by molar-refractivity contribution is 7.90. The number of aryl methyl sites for hydroxylation is 2. The van der Waals surface area contributed by atoms with E-state index < -0.39 is 15.3 Å². The Labute approximate surface area is 90.5 Å². The fraction of sp³-hybridized carbons (Fsp3) is 0.667. The number of nitrogens with zero attached hydrogens (tertiary/aromatic N) is 2. The first-order valence-electron chi connectivity index (χ1n) is 4.80. The number of rotatable bonds is 4. The molecule has 0 bridgehead atoms. The van der Waals surface area contributed by atoms with Gasteiger partial charge in [-0.3, -0.25) is 4.68 Å². The molecule has 0 saturated heterocycles. The monoisotopic (exact) mass is 231 g/mol. The molecule has 0 radical (unpaired) electrons. The van der Waals surface area contributed by atoms with Crippen molar-refractivity contribution in [1.82, 2.24) is 14.5 Å². The van der Waals surface area contributed by atoms with Crippen molar-refractivity contribution in [2.45, 2.75) is 32.6 Å². The number of nitrogens with one attached hydrogen (secondary N) is 1. The van der Waals surface area contributed by atoms with Crippen LogP contribution in [0.3, 0.4) is 0 Å². The molecule has 5 nitrogen and oxygen atoms in total. The summed E-state index contributed by atoms with van der Waals surface area (Å²) in [4.78, 5) is 0. The van der Waals surface area contributed by atoms with Gasteiger partial charge in [-0.2, -0.15) is 5.10 Å². The highest BCUT2D eigenvalue weighted by Gasteiger charge is 2.15. The van der Waals surface area contributed by atoms with Gasteiger partial charge in [0.15, 0.2) is 0 Å². The summed E-state index contributed by atoms with van der Waals surface area (Å²) in [5.41, 5.74) is 1.76. The van der Waals surface area contributed by atoms with E-state index in [1.54, 1.807) is 18.5 Å². The Morgan fingerprint density at radius 3 is 2.53 bits per heavy atom. The number of hydrogen-bond donors (Lipinski definition) is 1. The predicted octanol–water partition coefficient (Wildman–Crippen LogP) is 0.556. The van der Waals surface area contributed by atoms with Gasteiger partial charge in [0.1, 0.15) is 0 Å². The van der Waals surface area contributed by atoms with E-state index in [1.165, 1.54) is 0 Å². The van der Waals surface area contributed by atoms with Crippen molar-refractivity contribution < 1.29 is 8.42 Å². The first-order valence-corrected chi connectivity index (χ1v) is 6.35.